The first kappa shape index (κ1) is 15.3. The molecule has 3 aromatic rings. The first-order chi connectivity index (χ1) is 11.2. The molecule has 3 rings (SSSR count). The van der Waals surface area contributed by atoms with Crippen LogP contribution in [0.3, 0.4) is 0 Å². The normalized spacial score (nSPS) is 11.2. The first-order valence-corrected chi connectivity index (χ1v) is 7.67. The third kappa shape index (κ3) is 3.99. The van der Waals surface area contributed by atoms with Crippen LogP contribution in [0.4, 0.5) is 5.69 Å². The highest BCUT2D eigenvalue weighted by atomic mass is 35.5. The average Bonchev–Trinajstić information content (AvgIpc) is 2.56. The van der Waals surface area contributed by atoms with E-state index in [9.17, 15) is 5.11 Å². The second-order valence-electron chi connectivity index (χ2n) is 5.07. The van der Waals surface area contributed by atoms with Gasteiger partial charge in [0, 0.05) is 35.1 Å². The van der Waals surface area contributed by atoms with E-state index in [0.29, 0.717) is 11.6 Å². The lowest BCUT2D eigenvalue weighted by molar-refractivity contribution is 0.475. The third-order valence-electron chi connectivity index (χ3n) is 3.39. The second-order valence-corrected chi connectivity index (χ2v) is 5.51. The number of aliphatic imine (C=N–C) groups is 1. The molecule has 0 bridgehead atoms. The molecule has 5 heteroatoms. The zero-order valence-corrected chi connectivity index (χ0v) is 13.2. The summed E-state index contributed by atoms with van der Waals surface area (Å²) < 4.78 is 0. The second kappa shape index (κ2) is 7.11. The molecule has 0 radical (unpaired) electrons. The molecule has 0 aliphatic carbocycles. The maximum Gasteiger partial charge on any atom is 0.115 e. The third-order valence-corrected chi connectivity index (χ3v) is 3.63. The lowest BCUT2D eigenvalue weighted by Crippen LogP contribution is -2.05. The van der Waals surface area contributed by atoms with Gasteiger partial charge in [-0.2, -0.15) is 0 Å². The topological polar surface area (TPSA) is 57.5 Å². The van der Waals surface area contributed by atoms with Gasteiger partial charge in [-0.25, -0.2) is 0 Å². The minimum absolute atomic E-state index is 0.258. The largest absolute Gasteiger partial charge is 0.508 e. The number of phenols is 1. The Hall–Kier alpha value is -2.59. The van der Waals surface area contributed by atoms with Gasteiger partial charge in [0.1, 0.15) is 5.75 Å². The number of aromatic nitrogens is 1. The van der Waals surface area contributed by atoms with E-state index in [4.69, 9.17) is 11.6 Å². The lowest BCUT2D eigenvalue weighted by atomic mass is 10.2. The molecule has 0 fully saturated rings. The van der Waals surface area contributed by atoms with Crippen LogP contribution in [0.25, 0.3) is 10.9 Å². The fourth-order valence-electron chi connectivity index (χ4n) is 2.26. The molecule has 0 saturated heterocycles. The number of hydrogen-bond acceptors (Lipinski definition) is 4. The fraction of sp³-hybridized carbons (Fsp3) is 0.111. The Kier molecular flexibility index (Phi) is 4.74. The summed E-state index contributed by atoms with van der Waals surface area (Å²) in [6, 6.07) is 14.6. The number of rotatable bonds is 5. The van der Waals surface area contributed by atoms with Crippen molar-refractivity contribution in [3.05, 3.63) is 65.3 Å². The summed E-state index contributed by atoms with van der Waals surface area (Å²) in [4.78, 5) is 8.69. The van der Waals surface area contributed by atoms with E-state index in [1.54, 1.807) is 24.5 Å². The van der Waals surface area contributed by atoms with Gasteiger partial charge in [-0.1, -0.05) is 11.6 Å². The monoisotopic (exact) mass is 325 g/mol. The van der Waals surface area contributed by atoms with Crippen LogP contribution in [0.1, 0.15) is 5.56 Å². The number of pyridine rings is 1. The molecule has 2 aromatic carbocycles. The van der Waals surface area contributed by atoms with Crippen molar-refractivity contribution in [2.75, 3.05) is 18.4 Å². The molecule has 116 valence electrons. The van der Waals surface area contributed by atoms with E-state index in [1.807, 2.05) is 36.4 Å². The maximum absolute atomic E-state index is 9.23. The predicted molar refractivity (Wildman–Crippen MR) is 95.8 cm³/mol. The van der Waals surface area contributed by atoms with Crippen molar-refractivity contribution >= 4 is 34.4 Å². The van der Waals surface area contributed by atoms with Gasteiger partial charge in [-0.05, 0) is 54.1 Å². The standard InChI is InChI=1S/C18H16ClN3O/c19-14-3-6-16-17(7-8-21-18(16)11-14)22-10-9-20-12-13-1-4-15(23)5-2-13/h1-8,11-12,23H,9-10H2,(H,21,22). The molecular formula is C18H16ClN3O. The Bertz CT molecular complexity index is 831. The fourth-order valence-corrected chi connectivity index (χ4v) is 2.43. The molecule has 0 amide bonds. The van der Waals surface area contributed by atoms with Crippen LogP contribution in [-0.4, -0.2) is 29.4 Å². The van der Waals surface area contributed by atoms with Crippen LogP contribution in [0.15, 0.2) is 59.7 Å². The summed E-state index contributed by atoms with van der Waals surface area (Å²) in [5.74, 6) is 0.258. The van der Waals surface area contributed by atoms with Gasteiger partial charge in [0.05, 0.1) is 12.1 Å². The van der Waals surface area contributed by atoms with Crippen LogP contribution in [-0.2, 0) is 0 Å². The number of phenolic OH excluding ortho intramolecular Hbond substituents is 1. The molecule has 0 saturated carbocycles. The number of hydrogen-bond donors (Lipinski definition) is 2. The van der Waals surface area contributed by atoms with E-state index < -0.39 is 0 Å². The molecule has 0 atom stereocenters. The van der Waals surface area contributed by atoms with Crippen molar-refractivity contribution in [2.45, 2.75) is 0 Å². The minimum Gasteiger partial charge on any atom is -0.508 e. The van der Waals surface area contributed by atoms with Crippen LogP contribution in [0.5, 0.6) is 5.75 Å². The Balaban J connectivity index is 1.59. The van der Waals surface area contributed by atoms with Crippen molar-refractivity contribution in [2.24, 2.45) is 4.99 Å². The quantitative estimate of drug-likeness (QED) is 0.548. The number of nitrogens with one attached hydrogen (secondary N) is 1. The van der Waals surface area contributed by atoms with Gasteiger partial charge >= 0.3 is 0 Å². The molecule has 1 heterocycles. The zero-order valence-electron chi connectivity index (χ0n) is 12.4. The Morgan fingerprint density at radius 3 is 2.78 bits per heavy atom. The minimum atomic E-state index is 0.258. The Labute approximate surface area is 139 Å². The van der Waals surface area contributed by atoms with Crippen molar-refractivity contribution in [1.29, 1.82) is 0 Å². The highest BCUT2D eigenvalue weighted by Gasteiger charge is 2.01. The van der Waals surface area contributed by atoms with Crippen LogP contribution in [0.2, 0.25) is 5.02 Å². The molecule has 0 unspecified atom stereocenters. The Morgan fingerprint density at radius 1 is 1.13 bits per heavy atom. The van der Waals surface area contributed by atoms with Gasteiger partial charge in [0.2, 0.25) is 0 Å². The van der Waals surface area contributed by atoms with Crippen molar-refractivity contribution in [1.82, 2.24) is 4.98 Å². The predicted octanol–water partition coefficient (Wildman–Crippen LogP) is 4.12. The summed E-state index contributed by atoms with van der Waals surface area (Å²) in [6.07, 6.45) is 3.56. The average molecular weight is 326 g/mol. The summed E-state index contributed by atoms with van der Waals surface area (Å²) in [6.45, 7) is 1.37. The SMILES string of the molecule is Oc1ccc(C=NCCNc2ccnc3cc(Cl)ccc23)cc1. The van der Waals surface area contributed by atoms with Crippen LogP contribution in [0, 0.1) is 0 Å². The number of fused-ring (bicyclic) bond motifs is 1. The van der Waals surface area contributed by atoms with Crippen molar-refractivity contribution in [3.8, 4) is 5.75 Å². The smallest absolute Gasteiger partial charge is 0.115 e. The van der Waals surface area contributed by atoms with Crippen LogP contribution >= 0.6 is 11.6 Å². The highest BCUT2D eigenvalue weighted by molar-refractivity contribution is 6.31. The molecular weight excluding hydrogens is 310 g/mol. The van der Waals surface area contributed by atoms with Gasteiger partial charge in [-0.15, -0.1) is 0 Å². The lowest BCUT2D eigenvalue weighted by Gasteiger charge is -2.08. The summed E-state index contributed by atoms with van der Waals surface area (Å²) in [7, 11) is 0. The summed E-state index contributed by atoms with van der Waals surface area (Å²) in [5, 5.41) is 14.3. The molecule has 4 nitrogen and oxygen atoms in total. The molecule has 0 aliphatic rings. The van der Waals surface area contributed by atoms with Gasteiger partial charge in [0.15, 0.2) is 0 Å². The zero-order chi connectivity index (χ0) is 16.1. The molecule has 1 aromatic heterocycles. The van der Waals surface area contributed by atoms with E-state index in [2.05, 4.69) is 15.3 Å². The van der Waals surface area contributed by atoms with Gasteiger partial charge in [-0.3, -0.25) is 9.98 Å². The van der Waals surface area contributed by atoms with E-state index in [-0.39, 0.29) is 5.75 Å². The van der Waals surface area contributed by atoms with E-state index >= 15 is 0 Å². The van der Waals surface area contributed by atoms with Crippen molar-refractivity contribution < 1.29 is 5.11 Å². The maximum atomic E-state index is 9.23. The number of benzene rings is 2. The highest BCUT2D eigenvalue weighted by Crippen LogP contribution is 2.24. The van der Waals surface area contributed by atoms with E-state index in [0.717, 1.165) is 28.7 Å². The van der Waals surface area contributed by atoms with E-state index in [1.165, 1.54) is 0 Å². The summed E-state index contributed by atoms with van der Waals surface area (Å²) in [5.41, 5.74) is 2.85. The van der Waals surface area contributed by atoms with Gasteiger partial charge < -0.3 is 10.4 Å². The molecule has 0 aliphatic heterocycles. The van der Waals surface area contributed by atoms with Crippen molar-refractivity contribution in [3.63, 3.8) is 0 Å². The van der Waals surface area contributed by atoms with Gasteiger partial charge in [0.25, 0.3) is 0 Å². The number of aromatic hydroxyl groups is 1. The molecule has 23 heavy (non-hydrogen) atoms. The summed E-state index contributed by atoms with van der Waals surface area (Å²) >= 11 is 5.99. The van der Waals surface area contributed by atoms with Crippen LogP contribution < -0.4 is 5.32 Å². The molecule has 2 N–H and O–H groups in total. The molecule has 0 spiro atoms. The number of halogens is 1. The Morgan fingerprint density at radius 2 is 1.96 bits per heavy atom. The first-order valence-electron chi connectivity index (χ1n) is 7.29. The number of nitrogens with zero attached hydrogens (tertiary/aromatic N) is 2. The number of anilines is 1.